The number of aryl methyl sites for hydroxylation is 1. The third-order valence-electron chi connectivity index (χ3n) is 3.39. The van der Waals surface area contributed by atoms with Crippen molar-refractivity contribution in [2.45, 2.75) is 18.8 Å². The molecule has 1 amide bonds. The molecule has 1 aromatic heterocycles. The van der Waals surface area contributed by atoms with E-state index in [-0.39, 0.29) is 11.8 Å². The van der Waals surface area contributed by atoms with Crippen molar-refractivity contribution in [3.8, 4) is 12.3 Å². The fraction of sp³-hybridized carbons (Fsp3) is 0.615. The zero-order valence-corrected chi connectivity index (χ0v) is 11.2. The summed E-state index contributed by atoms with van der Waals surface area (Å²) in [5.41, 5.74) is 0. The molecular weight excluding hydrogens is 242 g/mol. The predicted molar refractivity (Wildman–Crippen MR) is 71.3 cm³/mol. The quantitative estimate of drug-likeness (QED) is 0.599. The Morgan fingerprint density at radius 3 is 3.21 bits per heavy atom. The minimum atomic E-state index is 0.0992. The molecule has 0 aliphatic carbocycles. The van der Waals surface area contributed by atoms with E-state index < -0.39 is 0 Å². The molecule has 1 aliphatic rings. The molecule has 6 nitrogen and oxygen atoms in total. The molecule has 2 rings (SSSR count). The smallest absolute Gasteiger partial charge is 0.236 e. The number of hydrogen-bond donors (Lipinski definition) is 1. The molecule has 2 heterocycles. The van der Waals surface area contributed by atoms with Gasteiger partial charge in [0.2, 0.25) is 5.91 Å². The van der Waals surface area contributed by atoms with Gasteiger partial charge in [-0.3, -0.25) is 10.1 Å². The van der Waals surface area contributed by atoms with Gasteiger partial charge in [0.05, 0.1) is 13.1 Å². The number of likely N-dealkylation sites (tertiary alicyclic amines) is 1. The molecule has 1 fully saturated rings. The van der Waals surface area contributed by atoms with Gasteiger partial charge in [-0.1, -0.05) is 5.92 Å². The topological polar surface area (TPSA) is 63.1 Å². The van der Waals surface area contributed by atoms with Gasteiger partial charge in [0.1, 0.15) is 12.2 Å². The van der Waals surface area contributed by atoms with Gasteiger partial charge in [0.25, 0.3) is 0 Å². The summed E-state index contributed by atoms with van der Waals surface area (Å²) >= 11 is 0. The van der Waals surface area contributed by atoms with Crippen molar-refractivity contribution in [3.63, 3.8) is 0 Å². The van der Waals surface area contributed by atoms with Gasteiger partial charge in [0, 0.05) is 26.1 Å². The highest BCUT2D eigenvalue weighted by atomic mass is 16.2. The lowest BCUT2D eigenvalue weighted by Crippen LogP contribution is -2.43. The standard InChI is InChI=1S/C13H19N5O/c1-3-6-14-8-12(19)18-7-4-5-11(9-18)13-16-15-10-17(13)2/h1,10-11,14H,4-9H2,2H3. The molecule has 1 atom stereocenters. The predicted octanol–water partition coefficient (Wildman–Crippen LogP) is -0.256. The second-order valence-electron chi connectivity index (χ2n) is 4.79. The summed E-state index contributed by atoms with van der Waals surface area (Å²) in [7, 11) is 1.94. The van der Waals surface area contributed by atoms with Crippen LogP contribution in [0.4, 0.5) is 0 Å². The van der Waals surface area contributed by atoms with Gasteiger partial charge < -0.3 is 9.47 Å². The zero-order valence-electron chi connectivity index (χ0n) is 11.2. The van der Waals surface area contributed by atoms with Gasteiger partial charge in [-0.05, 0) is 12.8 Å². The van der Waals surface area contributed by atoms with E-state index in [1.165, 1.54) is 0 Å². The van der Waals surface area contributed by atoms with E-state index in [0.717, 1.165) is 25.2 Å². The first-order valence-corrected chi connectivity index (χ1v) is 6.48. The number of nitrogens with zero attached hydrogens (tertiary/aromatic N) is 4. The van der Waals surface area contributed by atoms with Crippen LogP contribution in [0.15, 0.2) is 6.33 Å². The Labute approximate surface area is 113 Å². The van der Waals surface area contributed by atoms with Crippen molar-refractivity contribution in [2.75, 3.05) is 26.2 Å². The van der Waals surface area contributed by atoms with Crippen molar-refractivity contribution < 1.29 is 4.79 Å². The molecule has 6 heteroatoms. The number of carbonyl (C=O) groups excluding carboxylic acids is 1. The molecule has 102 valence electrons. The molecule has 0 aromatic carbocycles. The highest BCUT2D eigenvalue weighted by molar-refractivity contribution is 5.78. The van der Waals surface area contributed by atoms with Gasteiger partial charge >= 0.3 is 0 Å². The molecule has 0 spiro atoms. The van der Waals surface area contributed by atoms with Crippen molar-refractivity contribution in [1.82, 2.24) is 25.0 Å². The van der Waals surface area contributed by atoms with E-state index in [9.17, 15) is 4.79 Å². The fourth-order valence-corrected chi connectivity index (χ4v) is 2.43. The number of nitrogens with one attached hydrogen (secondary N) is 1. The number of terminal acetylenes is 1. The molecule has 1 N–H and O–H groups in total. The lowest BCUT2D eigenvalue weighted by molar-refractivity contribution is -0.131. The minimum Gasteiger partial charge on any atom is -0.341 e. The van der Waals surface area contributed by atoms with Crippen molar-refractivity contribution >= 4 is 5.91 Å². The molecule has 1 unspecified atom stereocenters. The number of amides is 1. The maximum Gasteiger partial charge on any atom is 0.236 e. The molecule has 1 aromatic rings. The SMILES string of the molecule is C#CCNCC(=O)N1CCCC(c2nncn2C)C1. The Balaban J connectivity index is 1.92. The van der Waals surface area contributed by atoms with Crippen molar-refractivity contribution in [3.05, 3.63) is 12.2 Å². The average molecular weight is 261 g/mol. The third-order valence-corrected chi connectivity index (χ3v) is 3.39. The van der Waals surface area contributed by atoms with Gasteiger partial charge in [-0.2, -0.15) is 0 Å². The summed E-state index contributed by atoms with van der Waals surface area (Å²) in [5.74, 6) is 3.79. The largest absolute Gasteiger partial charge is 0.341 e. The average Bonchev–Trinajstić information content (AvgIpc) is 2.85. The summed E-state index contributed by atoms with van der Waals surface area (Å²) in [5, 5.41) is 11.0. The van der Waals surface area contributed by atoms with Gasteiger partial charge in [-0.15, -0.1) is 16.6 Å². The third kappa shape index (κ3) is 3.32. The lowest BCUT2D eigenvalue weighted by Gasteiger charge is -2.32. The van der Waals surface area contributed by atoms with E-state index in [4.69, 9.17) is 6.42 Å². The first-order valence-electron chi connectivity index (χ1n) is 6.48. The van der Waals surface area contributed by atoms with Gasteiger partial charge in [0.15, 0.2) is 0 Å². The molecule has 0 radical (unpaired) electrons. The van der Waals surface area contributed by atoms with Crippen LogP contribution in [0.5, 0.6) is 0 Å². The Morgan fingerprint density at radius 2 is 2.53 bits per heavy atom. The first kappa shape index (κ1) is 13.6. The Hall–Kier alpha value is -1.87. The number of piperidine rings is 1. The second-order valence-corrected chi connectivity index (χ2v) is 4.79. The molecule has 0 saturated carbocycles. The molecular formula is C13H19N5O. The zero-order chi connectivity index (χ0) is 13.7. The van der Waals surface area contributed by atoms with E-state index in [1.807, 2.05) is 16.5 Å². The van der Waals surface area contributed by atoms with Crippen LogP contribution in [-0.4, -0.2) is 51.8 Å². The fourth-order valence-electron chi connectivity index (χ4n) is 2.43. The van der Waals surface area contributed by atoms with Crippen LogP contribution in [0.25, 0.3) is 0 Å². The second kappa shape index (κ2) is 6.34. The highest BCUT2D eigenvalue weighted by Crippen LogP contribution is 2.24. The molecule has 19 heavy (non-hydrogen) atoms. The van der Waals surface area contributed by atoms with Crippen LogP contribution in [0, 0.1) is 12.3 Å². The molecule has 0 bridgehead atoms. The number of carbonyl (C=O) groups is 1. The van der Waals surface area contributed by atoms with Gasteiger partial charge in [-0.25, -0.2) is 0 Å². The van der Waals surface area contributed by atoms with E-state index >= 15 is 0 Å². The Bertz CT molecular complexity index is 476. The number of hydrogen-bond acceptors (Lipinski definition) is 4. The normalized spacial score (nSPS) is 19.2. The summed E-state index contributed by atoms with van der Waals surface area (Å²) in [6.45, 7) is 2.25. The van der Waals surface area contributed by atoms with E-state index in [0.29, 0.717) is 19.6 Å². The van der Waals surface area contributed by atoms with E-state index in [1.54, 1.807) is 6.33 Å². The summed E-state index contributed by atoms with van der Waals surface area (Å²) in [6.07, 6.45) is 8.89. The van der Waals surface area contributed by atoms with Crippen LogP contribution in [0.3, 0.4) is 0 Å². The maximum atomic E-state index is 12.0. The van der Waals surface area contributed by atoms with Crippen LogP contribution in [-0.2, 0) is 11.8 Å². The van der Waals surface area contributed by atoms with Crippen LogP contribution in [0.1, 0.15) is 24.6 Å². The van der Waals surface area contributed by atoms with Crippen molar-refractivity contribution in [2.24, 2.45) is 7.05 Å². The molecule has 1 saturated heterocycles. The number of rotatable bonds is 4. The van der Waals surface area contributed by atoms with Crippen LogP contribution in [0.2, 0.25) is 0 Å². The summed E-state index contributed by atoms with van der Waals surface area (Å²) < 4.78 is 1.93. The van der Waals surface area contributed by atoms with Crippen LogP contribution >= 0.6 is 0 Å². The monoisotopic (exact) mass is 261 g/mol. The van der Waals surface area contributed by atoms with E-state index in [2.05, 4.69) is 21.4 Å². The number of aromatic nitrogens is 3. The lowest BCUT2D eigenvalue weighted by atomic mass is 9.97. The Morgan fingerprint density at radius 1 is 1.68 bits per heavy atom. The Kier molecular flexibility index (Phi) is 4.53. The summed E-state index contributed by atoms with van der Waals surface area (Å²) in [4.78, 5) is 13.9. The minimum absolute atomic E-state index is 0.0992. The summed E-state index contributed by atoms with van der Waals surface area (Å²) in [6, 6.07) is 0. The maximum absolute atomic E-state index is 12.0. The van der Waals surface area contributed by atoms with Crippen molar-refractivity contribution in [1.29, 1.82) is 0 Å². The highest BCUT2D eigenvalue weighted by Gasteiger charge is 2.26. The van der Waals surface area contributed by atoms with Crippen LogP contribution < -0.4 is 5.32 Å². The first-order chi connectivity index (χ1) is 9.22. The molecule has 1 aliphatic heterocycles.